The van der Waals surface area contributed by atoms with Gasteiger partial charge < -0.3 is 14.6 Å². The molecule has 1 aromatic carbocycles. The van der Waals surface area contributed by atoms with E-state index in [-0.39, 0.29) is 45.6 Å². The van der Waals surface area contributed by atoms with Crippen LogP contribution in [0.15, 0.2) is 36.4 Å². The molecule has 1 aromatic rings. The number of fused-ring (bicyclic) bond motifs is 7. The third kappa shape index (κ3) is 5.49. The van der Waals surface area contributed by atoms with Crippen molar-refractivity contribution in [3.63, 3.8) is 0 Å². The van der Waals surface area contributed by atoms with Gasteiger partial charge >= 0.3 is 11.9 Å². The number of hydrogen-bond donors (Lipinski definition) is 1. The maximum atomic E-state index is 13.1. The van der Waals surface area contributed by atoms with Crippen LogP contribution < -0.4 is 4.74 Å². The molecule has 268 valence electrons. The smallest absolute Gasteiger partial charge is 0.309 e. The minimum Gasteiger partial charge on any atom is -0.495 e. The van der Waals surface area contributed by atoms with Crippen molar-refractivity contribution in [3.8, 4) is 17.6 Å². The summed E-state index contributed by atoms with van der Waals surface area (Å²) in [5.74, 6) is 9.82. The third-order valence-corrected chi connectivity index (χ3v) is 16.0. The average Bonchev–Trinajstić information content (AvgIpc) is 3.42. The van der Waals surface area contributed by atoms with Crippen LogP contribution in [0.2, 0.25) is 0 Å². The number of ether oxygens (including phenoxy) is 2. The van der Waals surface area contributed by atoms with Crippen molar-refractivity contribution >= 4 is 11.9 Å². The quantitative estimate of drug-likeness (QED) is 0.185. The van der Waals surface area contributed by atoms with Crippen LogP contribution in [-0.4, -0.2) is 30.3 Å². The van der Waals surface area contributed by atoms with E-state index in [0.29, 0.717) is 29.6 Å². The topological polar surface area (TPSA) is 72.8 Å². The van der Waals surface area contributed by atoms with Gasteiger partial charge in [0.1, 0.15) is 11.9 Å². The van der Waals surface area contributed by atoms with Gasteiger partial charge in [0.2, 0.25) is 0 Å². The first kappa shape index (κ1) is 36.1. The molecule has 1 N–H and O–H groups in total. The zero-order valence-electron chi connectivity index (χ0n) is 31.8. The first-order chi connectivity index (χ1) is 22.9. The van der Waals surface area contributed by atoms with Gasteiger partial charge in [-0.15, -0.1) is 0 Å². The SMILES string of the molecule is C=C(C)[C@@H]1CC[C@]2(C#Cc3ccccc3OC)CC[C@]3(C)C(CCC4[C@@]5(C)CC[C@H](OC(=O)CC(C)(C)C(=O)O)C(C)(C)C5CC[C@]43C)C12. The number of hydrogen-bond acceptors (Lipinski definition) is 4. The molecule has 10 atom stereocenters. The minimum absolute atomic E-state index is 0.0120. The first-order valence-electron chi connectivity index (χ1n) is 19.1. The molecule has 0 heterocycles. The Morgan fingerprint density at radius 2 is 1.63 bits per heavy atom. The van der Waals surface area contributed by atoms with Crippen LogP contribution in [0.1, 0.15) is 132 Å². The van der Waals surface area contributed by atoms with Gasteiger partial charge in [-0.2, -0.15) is 0 Å². The Morgan fingerprint density at radius 3 is 2.31 bits per heavy atom. The maximum absolute atomic E-state index is 13.1. The molecule has 0 radical (unpaired) electrons. The van der Waals surface area contributed by atoms with E-state index in [4.69, 9.17) is 9.47 Å². The van der Waals surface area contributed by atoms with E-state index in [1.807, 2.05) is 12.1 Å². The number of carbonyl (C=O) groups is 2. The Morgan fingerprint density at radius 1 is 0.918 bits per heavy atom. The van der Waals surface area contributed by atoms with E-state index in [0.717, 1.165) is 43.4 Å². The van der Waals surface area contributed by atoms with Gasteiger partial charge in [-0.3, -0.25) is 9.59 Å². The lowest BCUT2D eigenvalue weighted by molar-refractivity contribution is -0.247. The molecule has 5 heteroatoms. The van der Waals surface area contributed by atoms with Crippen molar-refractivity contribution in [2.75, 3.05) is 7.11 Å². The lowest BCUT2D eigenvalue weighted by Crippen LogP contribution is -2.66. The number of aliphatic carboxylic acids is 1. The first-order valence-corrected chi connectivity index (χ1v) is 19.1. The summed E-state index contributed by atoms with van der Waals surface area (Å²) in [6.07, 6.45) is 11.1. The summed E-state index contributed by atoms with van der Waals surface area (Å²) >= 11 is 0. The number of rotatable bonds is 6. The maximum Gasteiger partial charge on any atom is 0.309 e. The summed E-state index contributed by atoms with van der Waals surface area (Å²) in [4.78, 5) is 24.8. The molecule has 49 heavy (non-hydrogen) atoms. The molecule has 5 aliphatic rings. The van der Waals surface area contributed by atoms with Gasteiger partial charge in [-0.1, -0.05) is 70.7 Å². The monoisotopic (exact) mass is 670 g/mol. The Bertz CT molecular complexity index is 1560. The van der Waals surface area contributed by atoms with Crippen LogP contribution in [0, 0.1) is 73.9 Å². The number of carbonyl (C=O) groups excluding carboxylic acids is 1. The highest BCUT2D eigenvalue weighted by Gasteiger charge is 2.71. The van der Waals surface area contributed by atoms with Crippen LogP contribution in [0.4, 0.5) is 0 Å². The molecule has 0 saturated heterocycles. The summed E-state index contributed by atoms with van der Waals surface area (Å²) in [5, 5.41) is 9.60. The van der Waals surface area contributed by atoms with E-state index in [1.165, 1.54) is 37.7 Å². The Hall–Kier alpha value is -2.74. The number of esters is 1. The van der Waals surface area contributed by atoms with Gasteiger partial charge in [-0.25, -0.2) is 0 Å². The second-order valence-corrected chi connectivity index (χ2v) is 19.0. The zero-order chi connectivity index (χ0) is 35.8. The largest absolute Gasteiger partial charge is 0.495 e. The molecule has 0 amide bonds. The second kappa shape index (κ2) is 12.2. The Labute approximate surface area is 296 Å². The number of methoxy groups -OCH3 is 1. The van der Waals surface area contributed by atoms with Gasteiger partial charge in [0.15, 0.2) is 0 Å². The third-order valence-electron chi connectivity index (χ3n) is 16.0. The minimum atomic E-state index is -1.13. The number of carboxylic acid groups (broad SMARTS) is 1. The van der Waals surface area contributed by atoms with Crippen molar-refractivity contribution in [2.45, 2.75) is 132 Å². The van der Waals surface area contributed by atoms with Crippen LogP contribution in [-0.2, 0) is 14.3 Å². The molecule has 5 fully saturated rings. The summed E-state index contributed by atoms with van der Waals surface area (Å²) in [7, 11) is 1.73. The van der Waals surface area contributed by atoms with Crippen molar-refractivity contribution < 1.29 is 24.2 Å². The van der Waals surface area contributed by atoms with Crippen molar-refractivity contribution in [3.05, 3.63) is 42.0 Å². The van der Waals surface area contributed by atoms with Crippen molar-refractivity contribution in [1.29, 1.82) is 0 Å². The van der Waals surface area contributed by atoms with E-state index in [1.54, 1.807) is 21.0 Å². The summed E-state index contributed by atoms with van der Waals surface area (Å²) < 4.78 is 11.9. The zero-order valence-corrected chi connectivity index (χ0v) is 31.8. The Kier molecular flexibility index (Phi) is 8.98. The molecule has 0 spiro atoms. The number of carboxylic acids is 1. The normalized spacial score (nSPS) is 40.7. The molecule has 5 saturated carbocycles. The molecule has 5 aliphatic carbocycles. The van der Waals surface area contributed by atoms with Crippen molar-refractivity contribution in [2.24, 2.45) is 62.1 Å². The van der Waals surface area contributed by atoms with Gasteiger partial charge in [0.05, 0.1) is 24.5 Å². The fraction of sp³-hybridized carbons (Fsp3) is 0.727. The number of benzene rings is 1. The van der Waals surface area contributed by atoms with Gasteiger partial charge in [0, 0.05) is 10.8 Å². The molecule has 0 bridgehead atoms. The van der Waals surface area contributed by atoms with Crippen molar-refractivity contribution in [1.82, 2.24) is 0 Å². The molecule has 4 unspecified atom stereocenters. The summed E-state index contributed by atoms with van der Waals surface area (Å²) in [6, 6.07) is 8.18. The van der Waals surface area contributed by atoms with Crippen LogP contribution >= 0.6 is 0 Å². The van der Waals surface area contributed by atoms with E-state index >= 15 is 0 Å². The van der Waals surface area contributed by atoms with E-state index < -0.39 is 11.4 Å². The second-order valence-electron chi connectivity index (χ2n) is 19.0. The molecule has 5 nitrogen and oxygen atoms in total. The van der Waals surface area contributed by atoms with Crippen LogP contribution in [0.25, 0.3) is 0 Å². The lowest BCUT2D eigenvalue weighted by atomic mass is 9.32. The van der Waals surface area contributed by atoms with Gasteiger partial charge in [0.25, 0.3) is 0 Å². The average molecular weight is 671 g/mol. The molecule has 0 aliphatic heterocycles. The van der Waals surface area contributed by atoms with Gasteiger partial charge in [-0.05, 0) is 143 Å². The van der Waals surface area contributed by atoms with E-state index in [9.17, 15) is 14.7 Å². The standard InChI is InChI=1S/C44H62O5/c1-28(2)30-18-24-44(23-17-29-13-11-12-14-32(29)48-10)26-25-42(8)31(37(30)44)15-16-34-41(7)21-20-35(49-36(45)27-39(3,4)38(46)47)40(5,6)33(41)19-22-43(34,42)9/h11-14,30-31,33-35,37H,1,15-16,18-22,24-27H2,2-10H3,(H,46,47)/t30-,31?,33?,34?,35-,37?,41-,42+,43+,44+/m0/s1. The summed E-state index contributed by atoms with van der Waals surface area (Å²) in [5.41, 5.74) is 1.62. The molecular weight excluding hydrogens is 608 g/mol. The van der Waals surface area contributed by atoms with Crippen LogP contribution in [0.5, 0.6) is 5.75 Å². The predicted octanol–water partition coefficient (Wildman–Crippen LogP) is 10.1. The molecule has 6 rings (SSSR count). The highest BCUT2D eigenvalue weighted by atomic mass is 16.5. The fourth-order valence-electron chi connectivity index (χ4n) is 13.1. The van der Waals surface area contributed by atoms with Crippen LogP contribution in [0.3, 0.4) is 0 Å². The number of allylic oxidation sites excluding steroid dienone is 1. The fourth-order valence-corrected chi connectivity index (χ4v) is 13.1. The molecule has 0 aromatic heterocycles. The number of para-hydroxylation sites is 1. The highest BCUT2D eigenvalue weighted by Crippen LogP contribution is 2.77. The molecular formula is C44H62O5. The lowest BCUT2D eigenvalue weighted by Gasteiger charge is -2.72. The Balaban J connectivity index is 1.29. The van der Waals surface area contributed by atoms with E-state index in [2.05, 4.69) is 72.1 Å². The highest BCUT2D eigenvalue weighted by molar-refractivity contribution is 5.81. The predicted molar refractivity (Wildman–Crippen MR) is 195 cm³/mol. The summed E-state index contributed by atoms with van der Waals surface area (Å²) in [6.45, 7) is 22.6.